The van der Waals surface area contributed by atoms with Crippen molar-refractivity contribution in [2.45, 2.75) is 91.0 Å². The molecule has 3 nitrogen and oxygen atoms in total. The van der Waals surface area contributed by atoms with Crippen LogP contribution in [0.5, 0.6) is 17.2 Å². The SMILES string of the molecule is COc1cc2c3c(c1)N1c4c(cc(C(C)(C)C)cc4C(C)(C)C1(C)C)B3c1[se]c3ccc(C(C)(C)C)cc3c1O2. The predicted molar refractivity (Wildman–Crippen MR) is 172 cm³/mol. The van der Waals surface area contributed by atoms with Crippen molar-refractivity contribution in [2.75, 3.05) is 12.0 Å². The standard InChI is InChI=1S/C35H40BNO2Se/c1-32(2,3)19-12-13-27-22(14-19)30-31(40-27)36-24-16-20(33(4,5)6)15-23-29(24)37(35(9,10)34(23,7)8)25-17-21(38-11)18-26(39-30)28(25)36/h12-18H,1-11H3. The van der Waals surface area contributed by atoms with Crippen molar-refractivity contribution >= 4 is 57.5 Å². The van der Waals surface area contributed by atoms with E-state index in [1.165, 1.54) is 53.0 Å². The van der Waals surface area contributed by atoms with Gasteiger partial charge < -0.3 is 0 Å². The second-order valence-electron chi connectivity index (χ2n) is 15.1. The number of ether oxygens (including phenoxy) is 2. The summed E-state index contributed by atoms with van der Waals surface area (Å²) < 4.78 is 15.8. The molecule has 0 amide bonds. The third-order valence-electron chi connectivity index (χ3n) is 10.2. The van der Waals surface area contributed by atoms with Crippen LogP contribution in [0, 0.1) is 0 Å². The first-order chi connectivity index (χ1) is 18.6. The second kappa shape index (κ2) is 7.81. The molecule has 0 saturated heterocycles. The normalized spacial score (nSPS) is 17.9. The Labute approximate surface area is 245 Å². The van der Waals surface area contributed by atoms with Gasteiger partial charge in [0.25, 0.3) is 0 Å². The van der Waals surface area contributed by atoms with Crippen LogP contribution in [-0.4, -0.2) is 33.9 Å². The van der Waals surface area contributed by atoms with E-state index in [1.54, 1.807) is 7.11 Å². The third kappa shape index (κ3) is 3.25. The van der Waals surface area contributed by atoms with Gasteiger partial charge in [0.1, 0.15) is 0 Å². The predicted octanol–water partition coefficient (Wildman–Crippen LogP) is 6.64. The zero-order chi connectivity index (χ0) is 28.7. The number of anilines is 2. The van der Waals surface area contributed by atoms with Crippen molar-refractivity contribution in [3.63, 3.8) is 0 Å². The van der Waals surface area contributed by atoms with Gasteiger partial charge in [0.15, 0.2) is 0 Å². The molecule has 40 heavy (non-hydrogen) atoms. The molecule has 0 N–H and O–H groups in total. The van der Waals surface area contributed by atoms with E-state index in [4.69, 9.17) is 9.47 Å². The molecular formula is C35H40BNO2Se. The van der Waals surface area contributed by atoms with Crippen LogP contribution in [0.1, 0.15) is 85.9 Å². The minimum absolute atomic E-state index is 0.0503. The summed E-state index contributed by atoms with van der Waals surface area (Å²) in [7, 11) is 1.76. The van der Waals surface area contributed by atoms with Crippen molar-refractivity contribution < 1.29 is 9.47 Å². The van der Waals surface area contributed by atoms with E-state index >= 15 is 0 Å². The number of rotatable bonds is 1. The molecule has 0 bridgehead atoms. The van der Waals surface area contributed by atoms with Crippen molar-refractivity contribution in [3.8, 4) is 17.2 Å². The summed E-state index contributed by atoms with van der Waals surface area (Å²) in [4.78, 5) is 2.61. The Bertz CT molecular complexity index is 1750. The Kier molecular flexibility index (Phi) is 5.13. The summed E-state index contributed by atoms with van der Waals surface area (Å²) >= 11 is 0.192. The number of benzene rings is 3. The second-order valence-corrected chi connectivity index (χ2v) is 17.4. The van der Waals surface area contributed by atoms with E-state index in [0.717, 1.165) is 17.2 Å². The molecule has 3 aliphatic heterocycles. The zero-order valence-electron chi connectivity index (χ0n) is 25.8. The molecule has 0 unspecified atom stereocenters. The van der Waals surface area contributed by atoms with Crippen LogP contribution in [0.4, 0.5) is 11.4 Å². The average Bonchev–Trinajstić information content (AvgIpc) is 3.30. The molecule has 0 atom stereocenters. The van der Waals surface area contributed by atoms with Crippen LogP contribution < -0.4 is 29.6 Å². The first-order valence-corrected chi connectivity index (χ1v) is 16.2. The van der Waals surface area contributed by atoms with E-state index in [9.17, 15) is 0 Å². The Morgan fingerprint density at radius 3 is 2.23 bits per heavy atom. The van der Waals surface area contributed by atoms with Crippen LogP contribution >= 0.6 is 0 Å². The molecule has 0 aliphatic carbocycles. The molecule has 0 spiro atoms. The molecule has 0 saturated carbocycles. The van der Waals surface area contributed by atoms with Crippen molar-refractivity contribution in [3.05, 3.63) is 59.2 Å². The summed E-state index contributed by atoms with van der Waals surface area (Å²) in [6, 6.07) is 16.5. The van der Waals surface area contributed by atoms with Crippen LogP contribution in [-0.2, 0) is 16.2 Å². The average molecular weight is 596 g/mol. The van der Waals surface area contributed by atoms with Gasteiger partial charge in [-0.1, -0.05) is 0 Å². The number of fused-ring (bicyclic) bond motifs is 6. The van der Waals surface area contributed by atoms with Gasteiger partial charge in [0, 0.05) is 0 Å². The molecule has 3 aliphatic rings. The monoisotopic (exact) mass is 597 g/mol. The molecule has 5 heteroatoms. The molecular weight excluding hydrogens is 556 g/mol. The van der Waals surface area contributed by atoms with Gasteiger partial charge >= 0.3 is 246 Å². The molecule has 0 radical (unpaired) electrons. The van der Waals surface area contributed by atoms with Crippen LogP contribution in [0.15, 0.2) is 42.5 Å². The van der Waals surface area contributed by atoms with Crippen molar-refractivity contribution in [1.82, 2.24) is 0 Å². The molecule has 1 aromatic heterocycles. The summed E-state index contributed by atoms with van der Waals surface area (Å²) in [5, 5.41) is 1.28. The van der Waals surface area contributed by atoms with Gasteiger partial charge in [-0.2, -0.15) is 0 Å². The summed E-state index contributed by atoms with van der Waals surface area (Å²) in [6.45, 7) is 23.7. The van der Waals surface area contributed by atoms with E-state index in [1.807, 2.05) is 0 Å². The third-order valence-corrected chi connectivity index (χ3v) is 12.7. The molecule has 7 rings (SSSR count). The van der Waals surface area contributed by atoms with Gasteiger partial charge in [-0.25, -0.2) is 0 Å². The van der Waals surface area contributed by atoms with Crippen LogP contribution in [0.25, 0.3) is 9.65 Å². The van der Waals surface area contributed by atoms with Gasteiger partial charge in [-0.05, 0) is 0 Å². The maximum absolute atomic E-state index is 6.97. The van der Waals surface area contributed by atoms with E-state index < -0.39 is 0 Å². The summed E-state index contributed by atoms with van der Waals surface area (Å²) in [5.74, 6) is 2.87. The molecule has 206 valence electrons. The van der Waals surface area contributed by atoms with Crippen LogP contribution in [0.3, 0.4) is 0 Å². The Morgan fingerprint density at radius 1 is 0.875 bits per heavy atom. The van der Waals surface area contributed by atoms with Gasteiger partial charge in [-0.3, -0.25) is 0 Å². The van der Waals surface area contributed by atoms with E-state index in [0.29, 0.717) is 0 Å². The first kappa shape index (κ1) is 26.3. The Hall–Kier alpha value is -2.62. The number of nitrogens with zero attached hydrogens (tertiary/aromatic N) is 1. The molecule has 0 fully saturated rings. The maximum atomic E-state index is 6.97. The van der Waals surface area contributed by atoms with Gasteiger partial charge in [-0.15, -0.1) is 0 Å². The number of methoxy groups -OCH3 is 1. The summed E-state index contributed by atoms with van der Waals surface area (Å²) in [6.07, 6.45) is 0. The van der Waals surface area contributed by atoms with Crippen molar-refractivity contribution in [1.29, 1.82) is 0 Å². The fourth-order valence-electron chi connectivity index (χ4n) is 7.00. The topological polar surface area (TPSA) is 21.7 Å². The van der Waals surface area contributed by atoms with E-state index in [-0.39, 0.29) is 43.0 Å². The van der Waals surface area contributed by atoms with Crippen LogP contribution in [0.2, 0.25) is 0 Å². The fraction of sp³-hybridized carbons (Fsp3) is 0.429. The molecule has 4 heterocycles. The van der Waals surface area contributed by atoms with Crippen molar-refractivity contribution in [2.24, 2.45) is 0 Å². The number of hydrogen-bond donors (Lipinski definition) is 0. The first-order valence-electron chi connectivity index (χ1n) is 14.5. The zero-order valence-corrected chi connectivity index (χ0v) is 27.5. The fourth-order valence-corrected chi connectivity index (χ4v) is 9.61. The quantitative estimate of drug-likeness (QED) is 0.203. The van der Waals surface area contributed by atoms with E-state index in [2.05, 4.69) is 117 Å². The Balaban J connectivity index is 1.61. The van der Waals surface area contributed by atoms with Gasteiger partial charge in [0.05, 0.1) is 0 Å². The number of hydrogen-bond acceptors (Lipinski definition) is 3. The Morgan fingerprint density at radius 2 is 1.57 bits per heavy atom. The summed E-state index contributed by atoms with van der Waals surface area (Å²) in [5.41, 5.74) is 9.56. The molecule has 4 aromatic rings. The van der Waals surface area contributed by atoms with Gasteiger partial charge in [0.2, 0.25) is 0 Å². The minimum atomic E-state index is -0.133. The molecule has 3 aromatic carbocycles.